The van der Waals surface area contributed by atoms with Gasteiger partial charge in [-0.3, -0.25) is 9.59 Å². The van der Waals surface area contributed by atoms with Crippen LogP contribution in [-0.4, -0.2) is 43.4 Å². The van der Waals surface area contributed by atoms with Crippen LogP contribution in [0.3, 0.4) is 0 Å². The number of amides is 2. The van der Waals surface area contributed by atoms with Crippen molar-refractivity contribution >= 4 is 11.8 Å². The van der Waals surface area contributed by atoms with Crippen molar-refractivity contribution in [1.82, 2.24) is 10.2 Å². The third-order valence-corrected chi connectivity index (χ3v) is 3.76. The van der Waals surface area contributed by atoms with Crippen molar-refractivity contribution in [2.45, 2.75) is 33.6 Å². The predicted molar refractivity (Wildman–Crippen MR) is 75.4 cm³/mol. The van der Waals surface area contributed by atoms with E-state index in [1.54, 1.807) is 7.05 Å². The minimum absolute atomic E-state index is 0.00722. The first kappa shape index (κ1) is 16.0. The third kappa shape index (κ3) is 3.93. The lowest BCUT2D eigenvalue weighted by atomic mass is 9.62. The van der Waals surface area contributed by atoms with Crippen molar-refractivity contribution in [1.29, 1.82) is 0 Å². The molecule has 0 heterocycles. The summed E-state index contributed by atoms with van der Waals surface area (Å²) >= 11 is 0. The molecule has 19 heavy (non-hydrogen) atoms. The summed E-state index contributed by atoms with van der Waals surface area (Å²) in [6.07, 6.45) is 1.67. The number of rotatable bonds is 6. The lowest BCUT2D eigenvalue weighted by molar-refractivity contribution is -0.150. The van der Waals surface area contributed by atoms with Gasteiger partial charge in [0, 0.05) is 20.1 Å². The van der Waals surface area contributed by atoms with E-state index in [0.717, 1.165) is 12.8 Å². The third-order valence-electron chi connectivity index (χ3n) is 3.76. The lowest BCUT2D eigenvalue weighted by Crippen LogP contribution is -2.55. The molecule has 5 heteroatoms. The van der Waals surface area contributed by atoms with Crippen LogP contribution in [0.5, 0.6) is 0 Å². The molecule has 0 aromatic heterocycles. The summed E-state index contributed by atoms with van der Waals surface area (Å²) in [4.78, 5) is 25.6. The number of nitrogens with zero attached hydrogens (tertiary/aromatic N) is 1. The first-order valence-corrected chi connectivity index (χ1v) is 7.03. The van der Waals surface area contributed by atoms with Gasteiger partial charge in [0.2, 0.25) is 11.8 Å². The summed E-state index contributed by atoms with van der Waals surface area (Å²) in [7, 11) is 1.68. The van der Waals surface area contributed by atoms with Gasteiger partial charge in [0.1, 0.15) is 0 Å². The molecule has 0 unspecified atom stereocenters. The fourth-order valence-corrected chi connectivity index (χ4v) is 2.77. The minimum Gasteiger partial charge on any atom is -0.354 e. The maximum absolute atomic E-state index is 12.4. The summed E-state index contributed by atoms with van der Waals surface area (Å²) in [5.41, 5.74) is 5.33. The first-order chi connectivity index (χ1) is 8.80. The summed E-state index contributed by atoms with van der Waals surface area (Å²) in [6, 6.07) is 0. The van der Waals surface area contributed by atoms with E-state index in [-0.39, 0.29) is 18.4 Å². The zero-order chi connectivity index (χ0) is 14.6. The second-order valence-electron chi connectivity index (χ2n) is 6.36. The van der Waals surface area contributed by atoms with Crippen LogP contribution >= 0.6 is 0 Å². The molecular weight excluding hydrogens is 242 g/mol. The topological polar surface area (TPSA) is 75.4 Å². The second kappa shape index (κ2) is 6.37. The first-order valence-electron chi connectivity index (χ1n) is 7.03. The highest BCUT2D eigenvalue weighted by atomic mass is 16.2. The normalized spacial score (nSPS) is 25.9. The van der Waals surface area contributed by atoms with Gasteiger partial charge in [-0.2, -0.15) is 0 Å². The van der Waals surface area contributed by atoms with Gasteiger partial charge in [-0.25, -0.2) is 0 Å². The van der Waals surface area contributed by atoms with Crippen molar-refractivity contribution in [2.24, 2.45) is 23.0 Å². The van der Waals surface area contributed by atoms with E-state index in [4.69, 9.17) is 5.73 Å². The highest BCUT2D eigenvalue weighted by Crippen LogP contribution is 2.45. The maximum Gasteiger partial charge on any atom is 0.239 e. The number of hydrogen-bond donors (Lipinski definition) is 2. The van der Waals surface area contributed by atoms with Crippen molar-refractivity contribution in [3.63, 3.8) is 0 Å². The number of hydrogen-bond acceptors (Lipinski definition) is 3. The molecule has 0 aromatic carbocycles. The zero-order valence-corrected chi connectivity index (χ0v) is 12.5. The number of carbonyl (C=O) groups excluding carboxylic acids is 2. The monoisotopic (exact) mass is 269 g/mol. The van der Waals surface area contributed by atoms with E-state index in [2.05, 4.69) is 12.2 Å². The highest BCUT2D eigenvalue weighted by Gasteiger charge is 2.48. The Kier molecular flexibility index (Phi) is 5.35. The molecule has 5 nitrogen and oxygen atoms in total. The minimum atomic E-state index is -0.424. The molecule has 1 saturated carbocycles. The average molecular weight is 269 g/mol. The molecule has 2 amide bonds. The van der Waals surface area contributed by atoms with Crippen LogP contribution in [0.1, 0.15) is 33.6 Å². The Morgan fingerprint density at radius 2 is 2.00 bits per heavy atom. The Bertz CT molecular complexity index is 336. The maximum atomic E-state index is 12.4. The van der Waals surface area contributed by atoms with Crippen LogP contribution < -0.4 is 11.1 Å². The molecule has 0 radical (unpaired) electrons. The van der Waals surface area contributed by atoms with Gasteiger partial charge >= 0.3 is 0 Å². The van der Waals surface area contributed by atoms with Crippen LogP contribution in [0.2, 0.25) is 0 Å². The van der Waals surface area contributed by atoms with Crippen LogP contribution in [0.25, 0.3) is 0 Å². The molecular formula is C14H27N3O2. The zero-order valence-electron chi connectivity index (χ0n) is 12.5. The largest absolute Gasteiger partial charge is 0.354 e. The van der Waals surface area contributed by atoms with E-state index in [1.165, 1.54) is 4.90 Å². The molecule has 3 N–H and O–H groups in total. The average Bonchev–Trinajstić information content (AvgIpc) is 2.31. The fourth-order valence-electron chi connectivity index (χ4n) is 2.77. The molecule has 1 aliphatic carbocycles. The van der Waals surface area contributed by atoms with Crippen LogP contribution in [0.15, 0.2) is 0 Å². The Morgan fingerprint density at radius 1 is 1.42 bits per heavy atom. The standard InChI is InChI=1S/C14H27N3O2/c1-10(2)7-16-12(18)8-17(4)13(19)14(9-15)5-11(3)6-14/h10-11H,5-9,15H2,1-4H3,(H,16,18). The Morgan fingerprint density at radius 3 is 2.42 bits per heavy atom. The number of carbonyl (C=O) groups is 2. The molecule has 0 aliphatic heterocycles. The molecule has 0 aromatic rings. The Balaban J connectivity index is 2.46. The van der Waals surface area contributed by atoms with E-state index in [9.17, 15) is 9.59 Å². The van der Waals surface area contributed by atoms with Crippen molar-refractivity contribution in [3.8, 4) is 0 Å². The van der Waals surface area contributed by atoms with Gasteiger partial charge < -0.3 is 16.0 Å². The van der Waals surface area contributed by atoms with Crippen LogP contribution in [0, 0.1) is 17.3 Å². The van der Waals surface area contributed by atoms with E-state index >= 15 is 0 Å². The van der Waals surface area contributed by atoms with Crippen molar-refractivity contribution < 1.29 is 9.59 Å². The van der Waals surface area contributed by atoms with Gasteiger partial charge in [0.15, 0.2) is 0 Å². The quantitative estimate of drug-likeness (QED) is 0.741. The Hall–Kier alpha value is -1.10. The van der Waals surface area contributed by atoms with Crippen molar-refractivity contribution in [2.75, 3.05) is 26.7 Å². The van der Waals surface area contributed by atoms with Gasteiger partial charge in [0.25, 0.3) is 0 Å². The molecule has 0 saturated heterocycles. The SMILES string of the molecule is CC(C)CNC(=O)CN(C)C(=O)C1(CN)CC(C)C1. The molecule has 1 aliphatic rings. The lowest BCUT2D eigenvalue weighted by Gasteiger charge is -2.46. The summed E-state index contributed by atoms with van der Waals surface area (Å²) in [5, 5.41) is 2.82. The fraction of sp³-hybridized carbons (Fsp3) is 0.857. The predicted octanol–water partition coefficient (Wildman–Crippen LogP) is 0.592. The number of nitrogens with one attached hydrogen (secondary N) is 1. The molecule has 1 rings (SSSR count). The summed E-state index contributed by atoms with van der Waals surface area (Å²) in [6.45, 7) is 7.31. The molecule has 1 fully saturated rings. The second-order valence-corrected chi connectivity index (χ2v) is 6.36. The van der Waals surface area contributed by atoms with E-state index in [1.807, 2.05) is 13.8 Å². The van der Waals surface area contributed by atoms with Crippen LogP contribution in [0.4, 0.5) is 0 Å². The van der Waals surface area contributed by atoms with Gasteiger partial charge in [-0.15, -0.1) is 0 Å². The van der Waals surface area contributed by atoms with Gasteiger partial charge in [-0.1, -0.05) is 20.8 Å². The molecule has 0 bridgehead atoms. The van der Waals surface area contributed by atoms with Crippen molar-refractivity contribution in [3.05, 3.63) is 0 Å². The summed E-state index contributed by atoms with van der Waals surface area (Å²) < 4.78 is 0. The molecule has 0 atom stereocenters. The number of likely N-dealkylation sites (N-methyl/N-ethyl adjacent to an activating group) is 1. The number of nitrogens with two attached hydrogens (primary N) is 1. The van der Waals surface area contributed by atoms with E-state index < -0.39 is 5.41 Å². The molecule has 110 valence electrons. The van der Waals surface area contributed by atoms with Gasteiger partial charge in [0.05, 0.1) is 12.0 Å². The van der Waals surface area contributed by atoms with Gasteiger partial charge in [-0.05, 0) is 24.7 Å². The van der Waals surface area contributed by atoms with Crippen LogP contribution in [-0.2, 0) is 9.59 Å². The smallest absolute Gasteiger partial charge is 0.239 e. The summed E-state index contributed by atoms with van der Waals surface area (Å²) in [5.74, 6) is 0.861. The highest BCUT2D eigenvalue weighted by molar-refractivity contribution is 5.88. The van der Waals surface area contributed by atoms with E-state index in [0.29, 0.717) is 24.9 Å². The Labute approximate surface area is 115 Å². The molecule has 0 spiro atoms.